The van der Waals surface area contributed by atoms with Crippen LogP contribution in [-0.2, 0) is 0 Å². The van der Waals surface area contributed by atoms with Crippen molar-refractivity contribution in [2.75, 3.05) is 6.54 Å². The quantitative estimate of drug-likeness (QED) is 0.635. The van der Waals surface area contributed by atoms with Crippen LogP contribution in [-0.4, -0.2) is 19.2 Å². The maximum Gasteiger partial charge on any atom is 0.257 e. The van der Waals surface area contributed by atoms with Gasteiger partial charge < -0.3 is 0 Å². The topological polar surface area (TPSA) is 12.4 Å². The molecule has 1 aliphatic carbocycles. The smallest absolute Gasteiger partial charge is 0.257 e. The lowest BCUT2D eigenvalue weighted by molar-refractivity contribution is 0.158. The van der Waals surface area contributed by atoms with Crippen LogP contribution in [0.5, 0.6) is 0 Å². The van der Waals surface area contributed by atoms with Crippen molar-refractivity contribution < 1.29 is 8.78 Å². The van der Waals surface area contributed by atoms with Gasteiger partial charge in [-0.1, -0.05) is 13.8 Å². The van der Waals surface area contributed by atoms with Gasteiger partial charge in [-0.05, 0) is 43.4 Å². The molecular formula is C12H21F2N. The van der Waals surface area contributed by atoms with E-state index in [0.717, 1.165) is 24.7 Å². The van der Waals surface area contributed by atoms with E-state index < -0.39 is 6.43 Å². The van der Waals surface area contributed by atoms with Crippen LogP contribution in [0.4, 0.5) is 8.78 Å². The summed E-state index contributed by atoms with van der Waals surface area (Å²) in [5, 5.41) is 0. The van der Waals surface area contributed by atoms with E-state index in [-0.39, 0.29) is 6.54 Å². The van der Waals surface area contributed by atoms with E-state index in [2.05, 4.69) is 18.8 Å². The molecular weight excluding hydrogens is 196 g/mol. The van der Waals surface area contributed by atoms with E-state index in [4.69, 9.17) is 0 Å². The van der Waals surface area contributed by atoms with Crippen molar-refractivity contribution in [3.8, 4) is 0 Å². The van der Waals surface area contributed by atoms with Crippen LogP contribution >= 0.6 is 0 Å². The van der Waals surface area contributed by atoms with Crippen molar-refractivity contribution in [2.24, 2.45) is 22.7 Å². The summed E-state index contributed by atoms with van der Waals surface area (Å²) in [4.78, 5) is 3.79. The fraction of sp³-hybridized carbons (Fsp3) is 0.917. The van der Waals surface area contributed by atoms with Gasteiger partial charge in [0.05, 0.1) is 6.54 Å². The molecule has 1 saturated carbocycles. The Morgan fingerprint density at radius 3 is 2.27 bits per heavy atom. The molecule has 1 rings (SSSR count). The lowest BCUT2D eigenvalue weighted by atomic mass is 9.77. The SMILES string of the molecule is CC(C)C1CCC(/C=N\CC(F)F)CC1. The first-order valence-electron chi connectivity index (χ1n) is 5.87. The summed E-state index contributed by atoms with van der Waals surface area (Å²) in [6.07, 6.45) is 4.15. The average Bonchev–Trinajstić information content (AvgIpc) is 2.18. The maximum atomic E-state index is 11.8. The van der Waals surface area contributed by atoms with Crippen molar-refractivity contribution in [1.29, 1.82) is 0 Å². The summed E-state index contributed by atoms with van der Waals surface area (Å²) in [6.45, 7) is 4.19. The Labute approximate surface area is 91.0 Å². The predicted octanol–water partition coefficient (Wildman–Crippen LogP) is 3.78. The highest BCUT2D eigenvalue weighted by Crippen LogP contribution is 2.32. The Kier molecular flexibility index (Phi) is 5.20. The number of halogens is 2. The Bertz CT molecular complexity index is 194. The van der Waals surface area contributed by atoms with Gasteiger partial charge in [0.15, 0.2) is 0 Å². The van der Waals surface area contributed by atoms with Crippen molar-refractivity contribution in [2.45, 2.75) is 46.0 Å². The van der Waals surface area contributed by atoms with Crippen LogP contribution in [0.3, 0.4) is 0 Å². The summed E-state index contributed by atoms with van der Waals surface area (Å²) < 4.78 is 23.7. The van der Waals surface area contributed by atoms with E-state index in [1.165, 1.54) is 12.8 Å². The third-order valence-corrected chi connectivity index (χ3v) is 3.32. The number of hydrogen-bond acceptors (Lipinski definition) is 1. The zero-order valence-electron chi connectivity index (χ0n) is 9.63. The monoisotopic (exact) mass is 217 g/mol. The number of rotatable bonds is 4. The third-order valence-electron chi connectivity index (χ3n) is 3.32. The summed E-state index contributed by atoms with van der Waals surface area (Å²) in [7, 11) is 0. The van der Waals surface area contributed by atoms with Gasteiger partial charge in [-0.3, -0.25) is 4.99 Å². The molecule has 0 amide bonds. The van der Waals surface area contributed by atoms with Gasteiger partial charge in [0.25, 0.3) is 6.43 Å². The molecule has 88 valence electrons. The van der Waals surface area contributed by atoms with Crippen LogP contribution in [0.25, 0.3) is 0 Å². The number of hydrogen-bond donors (Lipinski definition) is 0. The zero-order chi connectivity index (χ0) is 11.3. The Hall–Kier alpha value is -0.470. The zero-order valence-corrected chi connectivity index (χ0v) is 9.63. The molecule has 0 aromatic carbocycles. The molecule has 1 nitrogen and oxygen atoms in total. The molecule has 0 radical (unpaired) electrons. The van der Waals surface area contributed by atoms with Gasteiger partial charge in [0, 0.05) is 6.21 Å². The van der Waals surface area contributed by atoms with Crippen molar-refractivity contribution in [3.05, 3.63) is 0 Å². The average molecular weight is 217 g/mol. The summed E-state index contributed by atoms with van der Waals surface area (Å²) in [5.74, 6) is 2.02. The van der Waals surface area contributed by atoms with E-state index in [1.807, 2.05) is 0 Å². The Morgan fingerprint density at radius 1 is 1.20 bits per heavy atom. The van der Waals surface area contributed by atoms with Crippen molar-refractivity contribution in [3.63, 3.8) is 0 Å². The number of aliphatic imine (C=N–C) groups is 1. The molecule has 3 heteroatoms. The summed E-state index contributed by atoms with van der Waals surface area (Å²) in [6, 6.07) is 0. The second-order valence-electron chi connectivity index (χ2n) is 4.82. The second kappa shape index (κ2) is 6.19. The van der Waals surface area contributed by atoms with Crippen molar-refractivity contribution >= 4 is 6.21 Å². The van der Waals surface area contributed by atoms with Crippen LogP contribution in [0.1, 0.15) is 39.5 Å². The largest absolute Gasteiger partial charge is 0.291 e. The molecule has 0 aromatic heterocycles. The predicted molar refractivity (Wildman–Crippen MR) is 59.6 cm³/mol. The van der Waals surface area contributed by atoms with E-state index in [9.17, 15) is 8.78 Å². The minimum atomic E-state index is -2.30. The molecule has 0 aliphatic heterocycles. The van der Waals surface area contributed by atoms with E-state index in [0.29, 0.717) is 5.92 Å². The second-order valence-corrected chi connectivity index (χ2v) is 4.82. The van der Waals surface area contributed by atoms with E-state index >= 15 is 0 Å². The van der Waals surface area contributed by atoms with Gasteiger partial charge in [-0.2, -0.15) is 0 Å². The minimum absolute atomic E-state index is 0.329. The first kappa shape index (κ1) is 12.6. The highest BCUT2D eigenvalue weighted by molar-refractivity contribution is 5.60. The summed E-state index contributed by atoms with van der Waals surface area (Å²) in [5.41, 5.74) is 0. The summed E-state index contributed by atoms with van der Waals surface area (Å²) >= 11 is 0. The van der Waals surface area contributed by atoms with Crippen molar-refractivity contribution in [1.82, 2.24) is 0 Å². The normalized spacial score (nSPS) is 28.1. The Morgan fingerprint density at radius 2 is 1.80 bits per heavy atom. The van der Waals surface area contributed by atoms with Gasteiger partial charge in [0.1, 0.15) is 0 Å². The molecule has 15 heavy (non-hydrogen) atoms. The highest BCUT2D eigenvalue weighted by Gasteiger charge is 2.21. The fourth-order valence-electron chi connectivity index (χ4n) is 2.25. The molecule has 1 aliphatic rings. The molecule has 0 unspecified atom stereocenters. The lowest BCUT2D eigenvalue weighted by Crippen LogP contribution is -2.19. The minimum Gasteiger partial charge on any atom is -0.291 e. The lowest BCUT2D eigenvalue weighted by Gasteiger charge is -2.28. The highest BCUT2D eigenvalue weighted by atomic mass is 19.3. The molecule has 0 aromatic rings. The van der Waals surface area contributed by atoms with Crippen LogP contribution in [0.15, 0.2) is 4.99 Å². The molecule has 0 atom stereocenters. The van der Waals surface area contributed by atoms with E-state index in [1.54, 1.807) is 6.21 Å². The number of nitrogens with zero attached hydrogens (tertiary/aromatic N) is 1. The Balaban J connectivity index is 2.22. The molecule has 0 saturated heterocycles. The van der Waals surface area contributed by atoms with Crippen LogP contribution < -0.4 is 0 Å². The van der Waals surface area contributed by atoms with Crippen LogP contribution in [0.2, 0.25) is 0 Å². The van der Waals surface area contributed by atoms with Gasteiger partial charge in [0.2, 0.25) is 0 Å². The van der Waals surface area contributed by atoms with Gasteiger partial charge >= 0.3 is 0 Å². The molecule has 0 bridgehead atoms. The number of alkyl halides is 2. The maximum absolute atomic E-state index is 11.8. The van der Waals surface area contributed by atoms with Crippen LogP contribution in [0, 0.1) is 17.8 Å². The van der Waals surface area contributed by atoms with Gasteiger partial charge in [-0.25, -0.2) is 8.78 Å². The molecule has 0 heterocycles. The van der Waals surface area contributed by atoms with Gasteiger partial charge in [-0.15, -0.1) is 0 Å². The third kappa shape index (κ3) is 4.72. The first-order chi connectivity index (χ1) is 7.09. The molecule has 0 N–H and O–H groups in total. The first-order valence-corrected chi connectivity index (χ1v) is 5.87. The molecule has 1 fully saturated rings. The fourth-order valence-corrected chi connectivity index (χ4v) is 2.25. The standard InChI is InChI=1S/C12H21F2N/c1-9(2)11-5-3-10(4-6-11)7-15-8-12(13)14/h7,9-12H,3-6,8H2,1-2H3/b15-7-. The molecule has 0 spiro atoms.